The van der Waals surface area contributed by atoms with Gasteiger partial charge in [0.15, 0.2) is 0 Å². The minimum atomic E-state index is -0.123. The van der Waals surface area contributed by atoms with Gasteiger partial charge in [0.05, 0.1) is 17.3 Å². The molecule has 98 valence electrons. The van der Waals surface area contributed by atoms with Gasteiger partial charge in [0.1, 0.15) is 5.75 Å². The highest BCUT2D eigenvalue weighted by Gasteiger charge is 2.13. The number of hydrogen-bond donors (Lipinski definition) is 2. The van der Waals surface area contributed by atoms with Crippen molar-refractivity contribution >= 4 is 28.8 Å². The lowest BCUT2D eigenvalue weighted by molar-refractivity contribution is -0.116. The second-order valence-electron chi connectivity index (χ2n) is 3.98. The van der Waals surface area contributed by atoms with Crippen molar-refractivity contribution in [2.75, 3.05) is 11.9 Å². The van der Waals surface area contributed by atoms with Crippen LogP contribution in [0.15, 0.2) is 24.3 Å². The van der Waals surface area contributed by atoms with Gasteiger partial charge in [-0.25, -0.2) is 0 Å². The van der Waals surface area contributed by atoms with Gasteiger partial charge in [-0.1, -0.05) is 31.3 Å². The molecule has 0 aliphatic carbocycles. The summed E-state index contributed by atoms with van der Waals surface area (Å²) in [5, 5.41) is 2.80. The van der Waals surface area contributed by atoms with Crippen molar-refractivity contribution in [3.63, 3.8) is 0 Å². The number of carbonyl (C=O) groups is 1. The molecule has 0 saturated carbocycles. The molecule has 1 rings (SSSR count). The normalized spacial score (nSPS) is 11.7. The maximum absolute atomic E-state index is 11.8. The van der Waals surface area contributed by atoms with E-state index >= 15 is 0 Å². The number of nitrogens with two attached hydrogens (primary N) is 1. The summed E-state index contributed by atoms with van der Waals surface area (Å²) < 4.78 is 5.43. The molecule has 0 aromatic heterocycles. The van der Waals surface area contributed by atoms with Crippen LogP contribution < -0.4 is 15.8 Å². The fourth-order valence-electron chi connectivity index (χ4n) is 1.43. The van der Waals surface area contributed by atoms with Crippen LogP contribution in [0.1, 0.15) is 20.3 Å². The Labute approximate surface area is 113 Å². The van der Waals surface area contributed by atoms with E-state index in [4.69, 9.17) is 22.7 Å². The van der Waals surface area contributed by atoms with Crippen LogP contribution >= 0.6 is 12.2 Å². The number of thiocarbonyl (C=S) groups is 1. The van der Waals surface area contributed by atoms with Crippen molar-refractivity contribution in [3.05, 3.63) is 24.3 Å². The van der Waals surface area contributed by atoms with Crippen LogP contribution in [0.3, 0.4) is 0 Å². The van der Waals surface area contributed by atoms with Gasteiger partial charge in [-0.15, -0.1) is 0 Å². The van der Waals surface area contributed by atoms with E-state index in [0.29, 0.717) is 23.0 Å². The zero-order valence-corrected chi connectivity index (χ0v) is 11.4. The summed E-state index contributed by atoms with van der Waals surface area (Å²) in [5.74, 6) is 0.429. The quantitative estimate of drug-likeness (QED) is 0.776. The lowest BCUT2D eigenvalue weighted by Gasteiger charge is -2.13. The van der Waals surface area contributed by atoms with E-state index in [1.165, 1.54) is 0 Å². The van der Waals surface area contributed by atoms with E-state index < -0.39 is 0 Å². The first kappa shape index (κ1) is 14.4. The number of para-hydroxylation sites is 2. The van der Waals surface area contributed by atoms with Crippen LogP contribution in [0, 0.1) is 5.92 Å². The number of nitrogens with one attached hydrogen (secondary N) is 1. The Morgan fingerprint density at radius 1 is 1.50 bits per heavy atom. The van der Waals surface area contributed by atoms with Gasteiger partial charge in [0.2, 0.25) is 5.91 Å². The number of carbonyl (C=O) groups excluding carboxylic acids is 1. The Kier molecular flexibility index (Phi) is 5.58. The first-order chi connectivity index (χ1) is 8.54. The molecule has 1 amide bonds. The fraction of sp³-hybridized carbons (Fsp3) is 0.385. The third kappa shape index (κ3) is 4.33. The Morgan fingerprint density at radius 2 is 2.17 bits per heavy atom. The summed E-state index contributed by atoms with van der Waals surface area (Å²) in [6.07, 6.45) is 0.274. The third-order valence-corrected chi connectivity index (χ3v) is 2.84. The fourth-order valence-corrected chi connectivity index (χ4v) is 1.51. The van der Waals surface area contributed by atoms with E-state index in [9.17, 15) is 4.79 Å². The Hall–Kier alpha value is -1.62. The molecule has 0 spiro atoms. The molecule has 18 heavy (non-hydrogen) atoms. The van der Waals surface area contributed by atoms with Gasteiger partial charge >= 0.3 is 0 Å². The molecule has 1 unspecified atom stereocenters. The van der Waals surface area contributed by atoms with Crippen molar-refractivity contribution in [3.8, 4) is 5.75 Å². The Bertz CT molecular complexity index is 435. The highest BCUT2D eigenvalue weighted by molar-refractivity contribution is 7.80. The van der Waals surface area contributed by atoms with Crippen LogP contribution in [-0.4, -0.2) is 17.5 Å². The van der Waals surface area contributed by atoms with Crippen LogP contribution in [0.2, 0.25) is 0 Å². The second kappa shape index (κ2) is 6.96. The average Bonchev–Trinajstić information content (AvgIpc) is 2.31. The summed E-state index contributed by atoms with van der Waals surface area (Å²) in [6, 6.07) is 7.32. The van der Waals surface area contributed by atoms with Crippen molar-refractivity contribution in [2.24, 2.45) is 11.7 Å². The average molecular weight is 266 g/mol. The van der Waals surface area contributed by atoms with Gasteiger partial charge in [0.25, 0.3) is 0 Å². The SMILES string of the molecule is CCOc1ccccc1NC(=O)CC(C)C(N)=S. The second-order valence-corrected chi connectivity index (χ2v) is 4.46. The monoisotopic (exact) mass is 266 g/mol. The number of anilines is 1. The number of benzene rings is 1. The highest BCUT2D eigenvalue weighted by atomic mass is 32.1. The number of rotatable bonds is 6. The van der Waals surface area contributed by atoms with Crippen molar-refractivity contribution < 1.29 is 9.53 Å². The summed E-state index contributed by atoms with van der Waals surface area (Å²) in [4.78, 5) is 12.2. The van der Waals surface area contributed by atoms with Gasteiger partial charge in [-0.2, -0.15) is 0 Å². The molecular formula is C13H18N2O2S. The van der Waals surface area contributed by atoms with E-state index in [0.717, 1.165) is 0 Å². The van der Waals surface area contributed by atoms with Crippen molar-refractivity contribution in [1.29, 1.82) is 0 Å². The number of ether oxygens (including phenoxy) is 1. The molecule has 5 heteroatoms. The van der Waals surface area contributed by atoms with Crippen LogP contribution in [0.25, 0.3) is 0 Å². The molecule has 3 N–H and O–H groups in total. The smallest absolute Gasteiger partial charge is 0.225 e. The van der Waals surface area contributed by atoms with Crippen LogP contribution in [-0.2, 0) is 4.79 Å². The first-order valence-corrected chi connectivity index (χ1v) is 6.26. The molecule has 1 atom stereocenters. The van der Waals surface area contributed by atoms with E-state index in [2.05, 4.69) is 5.32 Å². The largest absolute Gasteiger partial charge is 0.492 e. The molecule has 0 aliphatic rings. The Balaban J connectivity index is 2.66. The van der Waals surface area contributed by atoms with E-state index in [1.54, 1.807) is 6.07 Å². The number of hydrogen-bond acceptors (Lipinski definition) is 3. The maximum Gasteiger partial charge on any atom is 0.225 e. The van der Waals surface area contributed by atoms with E-state index in [-0.39, 0.29) is 18.2 Å². The molecular weight excluding hydrogens is 248 g/mol. The molecule has 0 saturated heterocycles. The van der Waals surface area contributed by atoms with E-state index in [1.807, 2.05) is 32.0 Å². The topological polar surface area (TPSA) is 64.3 Å². The van der Waals surface area contributed by atoms with Crippen molar-refractivity contribution in [2.45, 2.75) is 20.3 Å². The van der Waals surface area contributed by atoms with Gasteiger partial charge < -0.3 is 15.8 Å². The summed E-state index contributed by atoms with van der Waals surface area (Å²) in [7, 11) is 0. The lowest BCUT2D eigenvalue weighted by atomic mass is 10.1. The van der Waals surface area contributed by atoms with Crippen LogP contribution in [0.4, 0.5) is 5.69 Å². The summed E-state index contributed by atoms with van der Waals surface area (Å²) >= 11 is 4.84. The minimum absolute atomic E-state index is 0.112. The molecule has 0 heterocycles. The van der Waals surface area contributed by atoms with Gasteiger partial charge in [-0.3, -0.25) is 4.79 Å². The summed E-state index contributed by atoms with van der Waals surface area (Å²) in [5.41, 5.74) is 6.15. The van der Waals surface area contributed by atoms with Gasteiger partial charge in [0, 0.05) is 12.3 Å². The zero-order valence-electron chi connectivity index (χ0n) is 10.6. The third-order valence-electron chi connectivity index (χ3n) is 2.44. The van der Waals surface area contributed by atoms with Gasteiger partial charge in [-0.05, 0) is 19.1 Å². The molecule has 0 radical (unpaired) electrons. The highest BCUT2D eigenvalue weighted by Crippen LogP contribution is 2.24. The molecule has 1 aromatic carbocycles. The predicted molar refractivity (Wildman–Crippen MR) is 76.8 cm³/mol. The Morgan fingerprint density at radius 3 is 2.78 bits per heavy atom. The molecule has 0 bridgehead atoms. The lowest BCUT2D eigenvalue weighted by Crippen LogP contribution is -2.24. The molecule has 0 aliphatic heterocycles. The standard InChI is InChI=1S/C13H18N2O2S/c1-3-17-11-7-5-4-6-10(11)15-12(16)8-9(2)13(14)18/h4-7,9H,3,8H2,1-2H3,(H2,14,18)(H,15,16). The molecule has 0 fully saturated rings. The minimum Gasteiger partial charge on any atom is -0.492 e. The molecule has 1 aromatic rings. The first-order valence-electron chi connectivity index (χ1n) is 5.85. The predicted octanol–water partition coefficient (Wildman–Crippen LogP) is 2.34. The molecule has 4 nitrogen and oxygen atoms in total. The summed E-state index contributed by atoms with van der Waals surface area (Å²) in [6.45, 7) is 4.28. The maximum atomic E-state index is 11.8. The number of amides is 1. The zero-order chi connectivity index (χ0) is 13.5. The van der Waals surface area contributed by atoms with Crippen LogP contribution in [0.5, 0.6) is 5.75 Å². The van der Waals surface area contributed by atoms with Crippen molar-refractivity contribution in [1.82, 2.24) is 0 Å².